The van der Waals surface area contributed by atoms with Crippen LogP contribution < -0.4 is 16.2 Å². The second-order valence-electron chi connectivity index (χ2n) is 5.93. The summed E-state index contributed by atoms with van der Waals surface area (Å²) in [6.07, 6.45) is 0. The second kappa shape index (κ2) is 7.53. The molecule has 3 rings (SSSR count). The lowest BCUT2D eigenvalue weighted by atomic mass is 10.0. The minimum atomic E-state index is 0.0409. The predicted octanol–water partition coefficient (Wildman–Crippen LogP) is 3.50. The summed E-state index contributed by atoms with van der Waals surface area (Å²) in [7, 11) is 0. The molecule has 0 amide bonds. The number of nitrogen functional groups attached to an aromatic ring is 2. The van der Waals surface area contributed by atoms with Crippen LogP contribution in [0.2, 0.25) is 0 Å². The topological polar surface area (TPSA) is 109 Å². The molecule has 26 heavy (non-hydrogen) atoms. The Morgan fingerprint density at radius 3 is 2.00 bits per heavy atom. The first-order chi connectivity index (χ1) is 12.5. The molecule has 0 aliphatic heterocycles. The third kappa shape index (κ3) is 4.08. The fourth-order valence-electron chi connectivity index (χ4n) is 2.63. The van der Waals surface area contributed by atoms with Crippen molar-refractivity contribution in [2.75, 3.05) is 0 Å². The molecule has 0 saturated carbocycles. The van der Waals surface area contributed by atoms with Gasteiger partial charge in [-0.15, -0.1) is 0 Å². The molecule has 0 heterocycles. The van der Waals surface area contributed by atoms with Gasteiger partial charge < -0.3 is 16.2 Å². The maximum Gasteiger partial charge on any atom is 0.122 e. The number of hydrogen-bond donors (Lipinski definition) is 4. The number of nitrogens with two attached hydrogens (primary N) is 2. The van der Waals surface area contributed by atoms with E-state index in [1.165, 1.54) is 0 Å². The largest absolute Gasteiger partial charge is 0.489 e. The van der Waals surface area contributed by atoms with Gasteiger partial charge in [-0.3, -0.25) is 10.8 Å². The molecule has 0 unspecified atom stereocenters. The first-order valence-corrected chi connectivity index (χ1v) is 8.14. The Hall–Kier alpha value is -3.60. The van der Waals surface area contributed by atoms with E-state index in [4.69, 9.17) is 27.0 Å². The Kier molecular flexibility index (Phi) is 4.99. The van der Waals surface area contributed by atoms with Crippen molar-refractivity contribution >= 4 is 11.7 Å². The van der Waals surface area contributed by atoms with E-state index in [0.717, 1.165) is 22.4 Å². The van der Waals surface area contributed by atoms with Crippen LogP contribution in [-0.4, -0.2) is 11.7 Å². The normalized spacial score (nSPS) is 10.3. The van der Waals surface area contributed by atoms with Crippen LogP contribution in [0, 0.1) is 10.8 Å². The summed E-state index contributed by atoms with van der Waals surface area (Å²) in [5, 5.41) is 15.1. The van der Waals surface area contributed by atoms with Gasteiger partial charge in [-0.1, -0.05) is 48.5 Å². The van der Waals surface area contributed by atoms with E-state index in [9.17, 15) is 0 Å². The lowest BCUT2D eigenvalue weighted by Crippen LogP contribution is -2.11. The van der Waals surface area contributed by atoms with E-state index >= 15 is 0 Å². The van der Waals surface area contributed by atoms with Gasteiger partial charge >= 0.3 is 0 Å². The van der Waals surface area contributed by atoms with Crippen molar-refractivity contribution in [3.05, 3.63) is 89.5 Å². The average Bonchev–Trinajstić information content (AvgIpc) is 2.67. The fourth-order valence-corrected chi connectivity index (χ4v) is 2.63. The van der Waals surface area contributed by atoms with Crippen LogP contribution in [0.3, 0.4) is 0 Å². The van der Waals surface area contributed by atoms with Crippen LogP contribution in [-0.2, 0) is 6.61 Å². The van der Waals surface area contributed by atoms with Crippen LogP contribution in [0.5, 0.6) is 5.75 Å². The van der Waals surface area contributed by atoms with Gasteiger partial charge in [-0.25, -0.2) is 0 Å². The highest BCUT2D eigenvalue weighted by Gasteiger charge is 2.04. The van der Waals surface area contributed by atoms with Crippen LogP contribution >= 0.6 is 0 Å². The van der Waals surface area contributed by atoms with E-state index in [0.29, 0.717) is 17.7 Å². The SMILES string of the molecule is N=C(N)c1cccc(COc2cccc(-c3cccc(C(=N)N)c3)c2)c1. The van der Waals surface area contributed by atoms with Crippen molar-refractivity contribution in [3.63, 3.8) is 0 Å². The average molecular weight is 344 g/mol. The molecule has 5 nitrogen and oxygen atoms in total. The van der Waals surface area contributed by atoms with Crippen molar-refractivity contribution in [3.8, 4) is 16.9 Å². The van der Waals surface area contributed by atoms with Crippen molar-refractivity contribution in [1.82, 2.24) is 0 Å². The lowest BCUT2D eigenvalue weighted by Gasteiger charge is -2.10. The van der Waals surface area contributed by atoms with Crippen LogP contribution in [0.4, 0.5) is 0 Å². The lowest BCUT2D eigenvalue weighted by molar-refractivity contribution is 0.306. The quantitative estimate of drug-likeness (QED) is 0.406. The second-order valence-corrected chi connectivity index (χ2v) is 5.93. The highest BCUT2D eigenvalue weighted by molar-refractivity contribution is 5.96. The predicted molar refractivity (Wildman–Crippen MR) is 105 cm³/mol. The van der Waals surface area contributed by atoms with Gasteiger partial charge in [-0.2, -0.15) is 0 Å². The monoisotopic (exact) mass is 344 g/mol. The zero-order chi connectivity index (χ0) is 18.5. The first kappa shape index (κ1) is 17.2. The van der Waals surface area contributed by atoms with Gasteiger partial charge in [0.05, 0.1) is 0 Å². The molecule has 0 saturated heterocycles. The molecule has 0 fully saturated rings. The fraction of sp³-hybridized carbons (Fsp3) is 0.0476. The van der Waals surface area contributed by atoms with Gasteiger partial charge in [0.1, 0.15) is 24.0 Å². The molecule has 0 spiro atoms. The Morgan fingerprint density at radius 1 is 0.731 bits per heavy atom. The zero-order valence-electron chi connectivity index (χ0n) is 14.2. The Morgan fingerprint density at radius 2 is 1.31 bits per heavy atom. The summed E-state index contributed by atoms with van der Waals surface area (Å²) in [5.41, 5.74) is 15.4. The summed E-state index contributed by atoms with van der Waals surface area (Å²) in [6, 6.07) is 22.8. The van der Waals surface area contributed by atoms with E-state index in [-0.39, 0.29) is 11.7 Å². The first-order valence-electron chi connectivity index (χ1n) is 8.14. The summed E-state index contributed by atoms with van der Waals surface area (Å²) in [6.45, 7) is 0.387. The molecule has 3 aromatic rings. The summed E-state index contributed by atoms with van der Waals surface area (Å²) >= 11 is 0. The highest BCUT2D eigenvalue weighted by Crippen LogP contribution is 2.25. The number of nitrogens with one attached hydrogen (secondary N) is 2. The number of benzene rings is 3. The maximum absolute atomic E-state index is 7.57. The van der Waals surface area contributed by atoms with E-state index in [1.807, 2.05) is 66.7 Å². The summed E-state index contributed by atoms with van der Waals surface area (Å²) in [5.74, 6) is 0.827. The molecule has 0 radical (unpaired) electrons. The minimum Gasteiger partial charge on any atom is -0.489 e. The number of amidine groups is 2. The van der Waals surface area contributed by atoms with Gasteiger partial charge in [0.2, 0.25) is 0 Å². The molecule has 3 aromatic carbocycles. The maximum atomic E-state index is 7.57. The minimum absolute atomic E-state index is 0.0409. The van der Waals surface area contributed by atoms with Gasteiger partial charge in [0.25, 0.3) is 0 Å². The molecule has 5 heteroatoms. The number of rotatable bonds is 6. The Balaban J connectivity index is 1.78. The Bertz CT molecular complexity index is 965. The van der Waals surface area contributed by atoms with Gasteiger partial charge in [0.15, 0.2) is 0 Å². The number of ether oxygens (including phenoxy) is 1. The summed E-state index contributed by atoms with van der Waals surface area (Å²) in [4.78, 5) is 0. The van der Waals surface area contributed by atoms with Crippen LogP contribution in [0.25, 0.3) is 11.1 Å². The molecule has 130 valence electrons. The Labute approximate surface area is 152 Å². The van der Waals surface area contributed by atoms with E-state index in [2.05, 4.69) is 0 Å². The summed E-state index contributed by atoms with van der Waals surface area (Å²) < 4.78 is 5.89. The molecule has 0 aliphatic carbocycles. The smallest absolute Gasteiger partial charge is 0.122 e. The molecular formula is C21H20N4O. The standard InChI is InChI=1S/C21H20N4O/c22-20(23)17-7-1-4-14(10-17)13-26-19-9-3-6-16(12-19)15-5-2-8-18(11-15)21(24)25/h1-12H,13H2,(H3,22,23)(H3,24,25). The third-order valence-corrected chi connectivity index (χ3v) is 3.98. The highest BCUT2D eigenvalue weighted by atomic mass is 16.5. The molecule has 6 N–H and O–H groups in total. The molecule has 0 bridgehead atoms. The van der Waals surface area contributed by atoms with Gasteiger partial charge in [0, 0.05) is 11.1 Å². The van der Waals surface area contributed by atoms with Gasteiger partial charge in [-0.05, 0) is 41.0 Å². The van der Waals surface area contributed by atoms with Crippen molar-refractivity contribution < 1.29 is 4.74 Å². The molecule has 0 atom stereocenters. The van der Waals surface area contributed by atoms with E-state index < -0.39 is 0 Å². The van der Waals surface area contributed by atoms with E-state index in [1.54, 1.807) is 6.07 Å². The zero-order valence-corrected chi connectivity index (χ0v) is 14.2. The van der Waals surface area contributed by atoms with Crippen LogP contribution in [0.1, 0.15) is 16.7 Å². The molecule has 0 aromatic heterocycles. The third-order valence-electron chi connectivity index (χ3n) is 3.98. The molecule has 0 aliphatic rings. The van der Waals surface area contributed by atoms with Crippen molar-refractivity contribution in [1.29, 1.82) is 10.8 Å². The van der Waals surface area contributed by atoms with Crippen molar-refractivity contribution in [2.24, 2.45) is 11.5 Å². The molecular weight excluding hydrogens is 324 g/mol. The van der Waals surface area contributed by atoms with Crippen molar-refractivity contribution in [2.45, 2.75) is 6.61 Å². The van der Waals surface area contributed by atoms with Crippen LogP contribution in [0.15, 0.2) is 72.8 Å². The number of hydrogen-bond acceptors (Lipinski definition) is 3.